The van der Waals surface area contributed by atoms with Crippen LogP contribution in [0.3, 0.4) is 0 Å². The molecular weight excluding hydrogens is 302 g/mol. The Labute approximate surface area is 140 Å². The number of para-hydroxylation sites is 1. The molecule has 24 heavy (non-hydrogen) atoms. The van der Waals surface area contributed by atoms with Gasteiger partial charge in [0.15, 0.2) is 0 Å². The average molecular weight is 321 g/mol. The van der Waals surface area contributed by atoms with Gasteiger partial charge in [-0.1, -0.05) is 18.2 Å². The van der Waals surface area contributed by atoms with Crippen molar-refractivity contribution in [3.63, 3.8) is 0 Å². The molecule has 0 saturated carbocycles. The molecule has 122 valence electrons. The Balaban J connectivity index is 1.86. The molecule has 5 nitrogen and oxygen atoms in total. The largest absolute Gasteiger partial charge is 0.496 e. The minimum atomic E-state index is -0.0829. The van der Waals surface area contributed by atoms with Crippen molar-refractivity contribution >= 4 is 11.6 Å². The van der Waals surface area contributed by atoms with Gasteiger partial charge in [0.25, 0.3) is 0 Å². The average Bonchev–Trinajstić information content (AvgIpc) is 3.04. The van der Waals surface area contributed by atoms with E-state index >= 15 is 0 Å². The molecule has 0 bridgehead atoms. The number of carbonyl (C=O) groups is 1. The van der Waals surface area contributed by atoms with Gasteiger partial charge in [0.2, 0.25) is 5.91 Å². The number of benzene rings is 2. The summed E-state index contributed by atoms with van der Waals surface area (Å²) in [5.74, 6) is 1.65. The van der Waals surface area contributed by atoms with Crippen molar-refractivity contribution in [3.8, 4) is 17.1 Å². The summed E-state index contributed by atoms with van der Waals surface area (Å²) < 4.78 is 7.49. The van der Waals surface area contributed by atoms with Crippen LogP contribution in [-0.2, 0) is 11.3 Å². The number of nitrogens with zero attached hydrogens (tertiary/aromatic N) is 2. The number of aromatic nitrogens is 2. The third-order valence-corrected chi connectivity index (χ3v) is 3.71. The highest BCUT2D eigenvalue weighted by atomic mass is 16.5. The van der Waals surface area contributed by atoms with E-state index < -0.39 is 0 Å². The first-order chi connectivity index (χ1) is 11.7. The van der Waals surface area contributed by atoms with Crippen LogP contribution in [0.5, 0.6) is 5.75 Å². The number of hydrogen-bond acceptors (Lipinski definition) is 3. The van der Waals surface area contributed by atoms with Crippen LogP contribution in [0, 0.1) is 0 Å². The quantitative estimate of drug-likeness (QED) is 0.781. The highest BCUT2D eigenvalue weighted by molar-refractivity contribution is 5.88. The third-order valence-electron chi connectivity index (χ3n) is 3.71. The summed E-state index contributed by atoms with van der Waals surface area (Å²) in [5, 5.41) is 2.76. The molecule has 0 unspecified atom stereocenters. The molecule has 3 rings (SSSR count). The Morgan fingerprint density at radius 2 is 1.92 bits per heavy atom. The summed E-state index contributed by atoms with van der Waals surface area (Å²) in [5.41, 5.74) is 2.85. The molecule has 2 aromatic carbocycles. The molecular formula is C19H19N3O2. The maximum atomic E-state index is 11.1. The molecule has 0 aliphatic carbocycles. The first-order valence-electron chi connectivity index (χ1n) is 7.68. The van der Waals surface area contributed by atoms with Crippen LogP contribution in [0.15, 0.2) is 60.9 Å². The SMILES string of the molecule is COc1ccccc1Cn1ccnc1-c1ccc(NC(C)=O)cc1. The zero-order chi connectivity index (χ0) is 16.9. The van der Waals surface area contributed by atoms with E-state index in [0.29, 0.717) is 6.54 Å². The molecule has 3 aromatic rings. The zero-order valence-electron chi connectivity index (χ0n) is 13.7. The normalized spacial score (nSPS) is 10.4. The van der Waals surface area contributed by atoms with Gasteiger partial charge in [0.05, 0.1) is 13.7 Å². The Morgan fingerprint density at radius 3 is 2.62 bits per heavy atom. The van der Waals surface area contributed by atoms with Crippen LogP contribution in [0.4, 0.5) is 5.69 Å². The van der Waals surface area contributed by atoms with Crippen LogP contribution < -0.4 is 10.1 Å². The lowest BCUT2D eigenvalue weighted by Crippen LogP contribution is -2.05. The lowest BCUT2D eigenvalue weighted by atomic mass is 10.1. The van der Waals surface area contributed by atoms with Gasteiger partial charge in [-0.2, -0.15) is 0 Å². The topological polar surface area (TPSA) is 56.1 Å². The summed E-state index contributed by atoms with van der Waals surface area (Å²) in [6.45, 7) is 2.17. The Kier molecular flexibility index (Phi) is 4.61. The van der Waals surface area contributed by atoms with Crippen LogP contribution >= 0.6 is 0 Å². The number of carbonyl (C=O) groups excluding carboxylic acids is 1. The number of rotatable bonds is 5. The van der Waals surface area contributed by atoms with Crippen molar-refractivity contribution in [2.45, 2.75) is 13.5 Å². The van der Waals surface area contributed by atoms with Crippen molar-refractivity contribution < 1.29 is 9.53 Å². The Bertz CT molecular complexity index is 838. The maximum Gasteiger partial charge on any atom is 0.221 e. The van der Waals surface area contributed by atoms with Crippen LogP contribution in [-0.4, -0.2) is 22.6 Å². The number of nitrogens with one attached hydrogen (secondary N) is 1. The van der Waals surface area contributed by atoms with Crippen molar-refractivity contribution in [3.05, 3.63) is 66.5 Å². The number of imidazole rings is 1. The molecule has 0 fully saturated rings. The second kappa shape index (κ2) is 7.00. The number of anilines is 1. The molecule has 0 atom stereocenters. The van der Waals surface area contributed by atoms with Gasteiger partial charge in [-0.3, -0.25) is 4.79 Å². The Hall–Kier alpha value is -3.08. The molecule has 0 aliphatic rings. The van der Waals surface area contributed by atoms with Crippen molar-refractivity contribution in [2.75, 3.05) is 12.4 Å². The van der Waals surface area contributed by atoms with E-state index in [1.807, 2.05) is 54.7 Å². The Morgan fingerprint density at radius 1 is 1.17 bits per heavy atom. The molecule has 0 saturated heterocycles. The predicted molar refractivity (Wildman–Crippen MR) is 94.1 cm³/mol. The molecule has 1 aromatic heterocycles. The van der Waals surface area contributed by atoms with Gasteiger partial charge in [-0.15, -0.1) is 0 Å². The first kappa shape index (κ1) is 15.8. The fourth-order valence-corrected chi connectivity index (χ4v) is 2.62. The fourth-order valence-electron chi connectivity index (χ4n) is 2.62. The third kappa shape index (κ3) is 3.46. The van der Waals surface area contributed by atoms with E-state index in [1.54, 1.807) is 13.3 Å². The summed E-state index contributed by atoms with van der Waals surface area (Å²) >= 11 is 0. The van der Waals surface area contributed by atoms with Gasteiger partial charge in [0, 0.05) is 36.1 Å². The number of hydrogen-bond donors (Lipinski definition) is 1. The van der Waals surface area contributed by atoms with Crippen LogP contribution in [0.1, 0.15) is 12.5 Å². The van der Waals surface area contributed by atoms with Gasteiger partial charge < -0.3 is 14.6 Å². The fraction of sp³-hybridized carbons (Fsp3) is 0.158. The molecule has 5 heteroatoms. The first-order valence-corrected chi connectivity index (χ1v) is 7.68. The van der Waals surface area contributed by atoms with E-state index in [2.05, 4.69) is 14.9 Å². The van der Waals surface area contributed by atoms with Gasteiger partial charge >= 0.3 is 0 Å². The molecule has 1 amide bonds. The smallest absolute Gasteiger partial charge is 0.221 e. The van der Waals surface area contributed by atoms with E-state index in [0.717, 1.165) is 28.4 Å². The summed E-state index contributed by atoms with van der Waals surface area (Å²) in [6, 6.07) is 15.6. The number of ether oxygens (including phenoxy) is 1. The summed E-state index contributed by atoms with van der Waals surface area (Å²) in [6.07, 6.45) is 3.73. The molecule has 0 aliphatic heterocycles. The van der Waals surface area contributed by atoms with E-state index in [4.69, 9.17) is 4.74 Å². The zero-order valence-corrected chi connectivity index (χ0v) is 13.7. The van der Waals surface area contributed by atoms with Gasteiger partial charge in [0.1, 0.15) is 11.6 Å². The second-order valence-corrected chi connectivity index (χ2v) is 5.45. The summed E-state index contributed by atoms with van der Waals surface area (Å²) in [7, 11) is 1.68. The lowest BCUT2D eigenvalue weighted by Gasteiger charge is -2.12. The predicted octanol–water partition coefficient (Wildman–Crippen LogP) is 3.57. The lowest BCUT2D eigenvalue weighted by molar-refractivity contribution is -0.114. The molecule has 0 spiro atoms. The number of methoxy groups -OCH3 is 1. The van der Waals surface area contributed by atoms with Crippen molar-refractivity contribution in [1.82, 2.24) is 9.55 Å². The number of amides is 1. The van der Waals surface area contributed by atoms with Gasteiger partial charge in [-0.25, -0.2) is 4.98 Å². The molecule has 0 radical (unpaired) electrons. The van der Waals surface area contributed by atoms with Gasteiger partial charge in [-0.05, 0) is 30.3 Å². The second-order valence-electron chi connectivity index (χ2n) is 5.45. The van der Waals surface area contributed by atoms with Crippen LogP contribution in [0.25, 0.3) is 11.4 Å². The summed E-state index contributed by atoms with van der Waals surface area (Å²) in [4.78, 5) is 15.6. The highest BCUT2D eigenvalue weighted by Gasteiger charge is 2.09. The minimum Gasteiger partial charge on any atom is -0.496 e. The minimum absolute atomic E-state index is 0.0829. The van der Waals surface area contributed by atoms with E-state index in [-0.39, 0.29) is 5.91 Å². The molecule has 1 N–H and O–H groups in total. The van der Waals surface area contributed by atoms with Crippen molar-refractivity contribution in [2.24, 2.45) is 0 Å². The highest BCUT2D eigenvalue weighted by Crippen LogP contribution is 2.24. The molecule has 1 heterocycles. The monoisotopic (exact) mass is 321 g/mol. The van der Waals surface area contributed by atoms with E-state index in [9.17, 15) is 4.79 Å². The van der Waals surface area contributed by atoms with E-state index in [1.165, 1.54) is 6.92 Å². The standard InChI is InChI=1S/C19H19N3O2/c1-14(23)21-17-9-7-15(8-10-17)19-20-11-12-22(19)13-16-5-3-4-6-18(16)24-2/h3-12H,13H2,1-2H3,(H,21,23). The van der Waals surface area contributed by atoms with Crippen LogP contribution in [0.2, 0.25) is 0 Å². The maximum absolute atomic E-state index is 11.1. The van der Waals surface area contributed by atoms with Crippen molar-refractivity contribution in [1.29, 1.82) is 0 Å².